The van der Waals surface area contributed by atoms with Crippen LogP contribution in [0.3, 0.4) is 0 Å². The number of allylic oxidation sites excluding steroid dienone is 7. The molecule has 0 saturated carbocycles. The Morgan fingerprint density at radius 2 is 1.89 bits per heavy atom. The van der Waals surface area contributed by atoms with Gasteiger partial charge in [0.25, 0.3) is 5.91 Å². The van der Waals surface area contributed by atoms with E-state index in [4.69, 9.17) is 16.3 Å². The van der Waals surface area contributed by atoms with Gasteiger partial charge in [0, 0.05) is 62.3 Å². The van der Waals surface area contributed by atoms with E-state index in [1.807, 2.05) is 4.90 Å². The van der Waals surface area contributed by atoms with Crippen molar-refractivity contribution in [3.63, 3.8) is 0 Å². The number of ether oxygens (including phenoxy) is 1. The lowest BCUT2D eigenvalue weighted by Gasteiger charge is -2.38. The highest BCUT2D eigenvalue weighted by Crippen LogP contribution is 2.32. The maximum Gasteiger partial charge on any atom is 0.263 e. The van der Waals surface area contributed by atoms with Gasteiger partial charge in [-0.15, -0.1) is 0 Å². The molecule has 3 heterocycles. The van der Waals surface area contributed by atoms with Gasteiger partial charge in [-0.25, -0.2) is 8.78 Å². The zero-order valence-electron chi connectivity index (χ0n) is 21.0. The predicted molar refractivity (Wildman–Crippen MR) is 136 cm³/mol. The third-order valence-electron chi connectivity index (χ3n) is 7.58. The molecule has 3 saturated heterocycles. The van der Waals surface area contributed by atoms with E-state index in [9.17, 15) is 23.5 Å². The van der Waals surface area contributed by atoms with Crippen LogP contribution in [0.4, 0.5) is 8.78 Å². The second-order valence-corrected chi connectivity index (χ2v) is 10.4. The van der Waals surface area contributed by atoms with E-state index in [0.29, 0.717) is 57.6 Å². The summed E-state index contributed by atoms with van der Waals surface area (Å²) < 4.78 is 35.0. The van der Waals surface area contributed by atoms with Crippen molar-refractivity contribution in [2.24, 2.45) is 5.92 Å². The summed E-state index contributed by atoms with van der Waals surface area (Å²) in [5, 5.41) is 9.89. The Bertz CT molecular complexity index is 1050. The van der Waals surface area contributed by atoms with E-state index in [-0.39, 0.29) is 41.6 Å². The number of amides is 2. The van der Waals surface area contributed by atoms with Crippen molar-refractivity contribution >= 4 is 23.4 Å². The maximum atomic E-state index is 14.8. The first kappa shape index (κ1) is 27.4. The number of rotatable bonds is 7. The zero-order chi connectivity index (χ0) is 26.7. The molecular formula is C27H34ClF2N3O4. The molecule has 0 aromatic carbocycles. The normalized spacial score (nSPS) is 28.2. The fourth-order valence-corrected chi connectivity index (χ4v) is 5.45. The number of hydrogen-bond donors (Lipinski definition) is 1. The van der Waals surface area contributed by atoms with Gasteiger partial charge >= 0.3 is 0 Å². The lowest BCUT2D eigenvalue weighted by molar-refractivity contribution is -0.138. The minimum absolute atomic E-state index is 0.00278. The van der Waals surface area contributed by atoms with Gasteiger partial charge < -0.3 is 24.5 Å². The third-order valence-corrected chi connectivity index (χ3v) is 7.85. The van der Waals surface area contributed by atoms with Gasteiger partial charge in [0.05, 0.1) is 12.0 Å². The molecule has 1 aliphatic carbocycles. The highest BCUT2D eigenvalue weighted by molar-refractivity contribution is 6.31. The van der Waals surface area contributed by atoms with Crippen LogP contribution in [0.25, 0.3) is 0 Å². The van der Waals surface area contributed by atoms with Crippen molar-refractivity contribution in [1.29, 1.82) is 0 Å². The largest absolute Gasteiger partial charge is 0.478 e. The molecule has 3 fully saturated rings. The standard InChI is InChI=1S/C27H34ClF2N3O4/c1-3-19(28)15-22(29)17(2)31-10-6-20(7-11-31)33-13-9-25(27(33)36)37-24-5-4-18(14-23(24)30)26(35)32-12-8-21(34)16-32/h3-5,15,18,20-21,25,34H,1,6-14,16H2,2H3/b19-15+,22-17-/t18?,21-,25+/m1/s1. The van der Waals surface area contributed by atoms with Gasteiger partial charge in [-0.1, -0.05) is 30.3 Å². The SMILES string of the molecule is C=C/C(Cl)=C\C(F)=C(/C)N1CCC(N2CC[C@H](OC3=C(F)CC(C(=O)N4CC[C@@H](O)C4)C=C3)C2=O)CC1. The summed E-state index contributed by atoms with van der Waals surface area (Å²) in [6.45, 7) is 7.69. The van der Waals surface area contributed by atoms with Crippen LogP contribution in [0.15, 0.2) is 59.0 Å². The van der Waals surface area contributed by atoms with E-state index in [0.717, 1.165) is 0 Å². The van der Waals surface area contributed by atoms with Crippen LogP contribution < -0.4 is 0 Å². The molecule has 0 bridgehead atoms. The van der Waals surface area contributed by atoms with Gasteiger partial charge in [0.15, 0.2) is 11.9 Å². The molecule has 7 nitrogen and oxygen atoms in total. The Hall–Kier alpha value is -2.65. The van der Waals surface area contributed by atoms with Crippen LogP contribution in [-0.2, 0) is 14.3 Å². The summed E-state index contributed by atoms with van der Waals surface area (Å²) in [5.74, 6) is -1.97. The molecular weight excluding hydrogens is 504 g/mol. The molecule has 0 radical (unpaired) electrons. The van der Waals surface area contributed by atoms with Gasteiger partial charge in [0.2, 0.25) is 5.91 Å². The highest BCUT2D eigenvalue weighted by atomic mass is 35.5. The number of aliphatic hydroxyl groups excluding tert-OH is 1. The Morgan fingerprint density at radius 3 is 2.51 bits per heavy atom. The van der Waals surface area contributed by atoms with Crippen molar-refractivity contribution < 1.29 is 28.2 Å². The van der Waals surface area contributed by atoms with Crippen LogP contribution in [0.2, 0.25) is 0 Å². The van der Waals surface area contributed by atoms with Crippen LogP contribution >= 0.6 is 11.6 Å². The number of β-amino-alcohol motifs (C(OH)–C–C–N with tert-alkyl or cyclic N) is 1. The average Bonchev–Trinajstić information content (AvgIpc) is 3.49. The summed E-state index contributed by atoms with van der Waals surface area (Å²) in [6, 6.07) is 0.0130. The minimum Gasteiger partial charge on any atom is -0.478 e. The van der Waals surface area contributed by atoms with E-state index in [2.05, 4.69) is 6.58 Å². The number of piperidine rings is 1. The van der Waals surface area contributed by atoms with E-state index < -0.39 is 29.8 Å². The summed E-state index contributed by atoms with van der Waals surface area (Å²) in [4.78, 5) is 31.0. The van der Waals surface area contributed by atoms with Crippen LogP contribution in [0, 0.1) is 5.92 Å². The molecule has 0 aromatic heterocycles. The number of aliphatic hydroxyl groups is 1. The molecule has 0 aromatic rings. The van der Waals surface area contributed by atoms with E-state index >= 15 is 0 Å². The second kappa shape index (κ2) is 11.8. The van der Waals surface area contributed by atoms with Gasteiger partial charge in [0.1, 0.15) is 11.7 Å². The first-order valence-corrected chi connectivity index (χ1v) is 13.2. The predicted octanol–water partition coefficient (Wildman–Crippen LogP) is 3.93. The highest BCUT2D eigenvalue weighted by Gasteiger charge is 2.40. The third kappa shape index (κ3) is 6.26. The van der Waals surface area contributed by atoms with Crippen molar-refractivity contribution in [3.05, 3.63) is 59.0 Å². The van der Waals surface area contributed by atoms with Crippen molar-refractivity contribution in [3.8, 4) is 0 Å². The van der Waals surface area contributed by atoms with Crippen molar-refractivity contribution in [1.82, 2.24) is 14.7 Å². The van der Waals surface area contributed by atoms with Gasteiger partial charge in [-0.3, -0.25) is 9.59 Å². The van der Waals surface area contributed by atoms with Gasteiger partial charge in [-0.2, -0.15) is 0 Å². The number of hydrogen-bond acceptors (Lipinski definition) is 5. The molecule has 37 heavy (non-hydrogen) atoms. The molecule has 0 spiro atoms. The first-order chi connectivity index (χ1) is 17.7. The molecule has 3 aliphatic heterocycles. The Morgan fingerprint density at radius 1 is 1.19 bits per heavy atom. The molecule has 10 heteroatoms. The van der Waals surface area contributed by atoms with Crippen LogP contribution in [0.1, 0.15) is 39.0 Å². The summed E-state index contributed by atoms with van der Waals surface area (Å²) in [5.41, 5.74) is 0.497. The Balaban J connectivity index is 1.29. The summed E-state index contributed by atoms with van der Waals surface area (Å²) in [7, 11) is 0. The lowest BCUT2D eigenvalue weighted by atomic mass is 9.97. The molecule has 4 rings (SSSR count). The molecule has 1 unspecified atom stereocenters. The smallest absolute Gasteiger partial charge is 0.263 e. The first-order valence-electron chi connectivity index (χ1n) is 12.8. The maximum absolute atomic E-state index is 14.8. The molecule has 4 aliphatic rings. The average molecular weight is 538 g/mol. The number of carbonyl (C=O) groups excluding carboxylic acids is 2. The molecule has 202 valence electrons. The topological polar surface area (TPSA) is 73.3 Å². The Labute approximate surface area is 221 Å². The van der Waals surface area contributed by atoms with Crippen LogP contribution in [-0.4, -0.2) is 82.6 Å². The molecule has 3 atom stereocenters. The fourth-order valence-electron chi connectivity index (χ4n) is 5.35. The van der Waals surface area contributed by atoms with Crippen molar-refractivity contribution in [2.45, 2.75) is 57.3 Å². The number of likely N-dealkylation sites (tertiary alicyclic amines) is 3. The summed E-state index contributed by atoms with van der Waals surface area (Å²) >= 11 is 5.85. The number of nitrogens with zero attached hydrogens (tertiary/aromatic N) is 3. The molecule has 1 N–H and O–H groups in total. The Kier molecular flexibility index (Phi) is 8.75. The quantitative estimate of drug-likeness (QED) is 0.498. The monoisotopic (exact) mass is 537 g/mol. The van der Waals surface area contributed by atoms with Crippen LogP contribution in [0.5, 0.6) is 0 Å². The van der Waals surface area contributed by atoms with E-state index in [1.54, 1.807) is 22.8 Å². The zero-order valence-corrected chi connectivity index (χ0v) is 21.8. The minimum atomic E-state index is -0.769. The second-order valence-electron chi connectivity index (χ2n) is 9.98. The van der Waals surface area contributed by atoms with Crippen molar-refractivity contribution in [2.75, 3.05) is 32.7 Å². The lowest BCUT2D eigenvalue weighted by Crippen LogP contribution is -2.46. The van der Waals surface area contributed by atoms with Gasteiger partial charge in [-0.05, 0) is 38.3 Å². The van der Waals surface area contributed by atoms with E-state index in [1.165, 1.54) is 18.2 Å². The summed E-state index contributed by atoms with van der Waals surface area (Å²) in [6.07, 6.45) is 6.63. The molecule has 2 amide bonds. The fraction of sp³-hybridized carbons (Fsp3) is 0.556. The number of halogens is 3. The number of carbonyl (C=O) groups is 2.